The molecule has 1 aromatic rings. The Kier molecular flexibility index (Phi) is 4.84. The van der Waals surface area contributed by atoms with Crippen molar-refractivity contribution in [2.75, 3.05) is 33.9 Å². The first-order valence-electron chi connectivity index (χ1n) is 6.95. The van der Waals surface area contributed by atoms with Crippen LogP contribution in [0.5, 0.6) is 11.5 Å². The van der Waals surface area contributed by atoms with E-state index in [1.54, 1.807) is 26.4 Å². The molecule has 110 valence electrons. The first-order chi connectivity index (χ1) is 9.72. The molecule has 1 saturated heterocycles. The molecule has 1 aliphatic rings. The van der Waals surface area contributed by atoms with Gasteiger partial charge in [0.1, 0.15) is 17.1 Å². The summed E-state index contributed by atoms with van der Waals surface area (Å²) in [5, 5.41) is 3.29. The fraction of sp³-hybridized carbons (Fsp3) is 0.533. The lowest BCUT2D eigenvalue weighted by molar-refractivity contribution is 0.0697. The van der Waals surface area contributed by atoms with Gasteiger partial charge in [-0.3, -0.25) is 4.79 Å². The van der Waals surface area contributed by atoms with Gasteiger partial charge >= 0.3 is 0 Å². The molecule has 1 amide bonds. The van der Waals surface area contributed by atoms with Gasteiger partial charge in [0.05, 0.1) is 14.2 Å². The third kappa shape index (κ3) is 2.72. The Morgan fingerprint density at radius 2 is 2.00 bits per heavy atom. The molecular weight excluding hydrogens is 256 g/mol. The standard InChI is InChI=1S/C15H22N2O3/c1-4-17(11-8-9-16-10-11)15(18)14-12(19-2)6-5-7-13(14)20-3/h5-7,11,16H,4,8-10H2,1-3H3. The average molecular weight is 278 g/mol. The number of likely N-dealkylation sites (N-methyl/N-ethyl adjacent to an activating group) is 1. The third-order valence-electron chi connectivity index (χ3n) is 3.72. The third-order valence-corrected chi connectivity index (χ3v) is 3.72. The Labute approximate surface area is 119 Å². The van der Waals surface area contributed by atoms with Gasteiger partial charge in [0.25, 0.3) is 5.91 Å². The van der Waals surface area contributed by atoms with Crippen molar-refractivity contribution in [2.45, 2.75) is 19.4 Å². The van der Waals surface area contributed by atoms with Crippen LogP contribution >= 0.6 is 0 Å². The van der Waals surface area contributed by atoms with E-state index in [2.05, 4.69) is 5.32 Å². The van der Waals surface area contributed by atoms with Crippen LogP contribution in [0.15, 0.2) is 18.2 Å². The van der Waals surface area contributed by atoms with E-state index in [9.17, 15) is 4.79 Å². The number of carbonyl (C=O) groups is 1. The maximum absolute atomic E-state index is 12.9. The lowest BCUT2D eigenvalue weighted by atomic mass is 10.1. The molecule has 5 heteroatoms. The number of ether oxygens (including phenoxy) is 2. The highest BCUT2D eigenvalue weighted by Crippen LogP contribution is 2.30. The number of hydrogen-bond acceptors (Lipinski definition) is 4. The SMILES string of the molecule is CCN(C(=O)c1c(OC)cccc1OC)C1CCNC1. The van der Waals surface area contributed by atoms with Gasteiger partial charge in [-0.2, -0.15) is 0 Å². The van der Waals surface area contributed by atoms with E-state index in [0.717, 1.165) is 19.5 Å². The molecule has 0 bridgehead atoms. The Bertz CT molecular complexity index is 448. The van der Waals surface area contributed by atoms with E-state index >= 15 is 0 Å². The van der Waals surface area contributed by atoms with Gasteiger partial charge in [-0.15, -0.1) is 0 Å². The summed E-state index contributed by atoms with van der Waals surface area (Å²) in [7, 11) is 3.14. The number of methoxy groups -OCH3 is 2. The monoisotopic (exact) mass is 278 g/mol. The number of nitrogens with one attached hydrogen (secondary N) is 1. The van der Waals surface area contributed by atoms with E-state index in [1.807, 2.05) is 17.9 Å². The van der Waals surface area contributed by atoms with Crippen molar-refractivity contribution in [1.82, 2.24) is 10.2 Å². The highest BCUT2D eigenvalue weighted by Gasteiger charge is 2.29. The van der Waals surface area contributed by atoms with E-state index < -0.39 is 0 Å². The van der Waals surface area contributed by atoms with E-state index in [0.29, 0.717) is 23.6 Å². The first-order valence-corrected chi connectivity index (χ1v) is 6.95. The maximum atomic E-state index is 12.9. The van der Waals surface area contributed by atoms with Crippen LogP contribution in [0.25, 0.3) is 0 Å². The zero-order valence-electron chi connectivity index (χ0n) is 12.3. The summed E-state index contributed by atoms with van der Waals surface area (Å²) in [4.78, 5) is 14.7. The van der Waals surface area contributed by atoms with Crippen molar-refractivity contribution in [2.24, 2.45) is 0 Å². The van der Waals surface area contributed by atoms with Gasteiger partial charge in [0.2, 0.25) is 0 Å². The Balaban J connectivity index is 2.35. The molecule has 1 N–H and O–H groups in total. The van der Waals surface area contributed by atoms with Crippen LogP contribution in [-0.2, 0) is 0 Å². The summed E-state index contributed by atoms with van der Waals surface area (Å²) >= 11 is 0. The second kappa shape index (κ2) is 6.61. The van der Waals surface area contributed by atoms with Crippen LogP contribution < -0.4 is 14.8 Å². The average Bonchev–Trinajstić information content (AvgIpc) is 3.00. The molecule has 1 heterocycles. The molecule has 1 aromatic carbocycles. The minimum absolute atomic E-state index is 0.0319. The summed E-state index contributed by atoms with van der Waals surface area (Å²) in [6.45, 7) is 4.47. The van der Waals surface area contributed by atoms with Gasteiger partial charge in [-0.25, -0.2) is 0 Å². The molecule has 2 rings (SSSR count). The van der Waals surface area contributed by atoms with Crippen molar-refractivity contribution >= 4 is 5.91 Å². The molecule has 5 nitrogen and oxygen atoms in total. The van der Waals surface area contributed by atoms with Crippen LogP contribution in [0.3, 0.4) is 0 Å². The molecule has 0 aromatic heterocycles. The molecule has 1 atom stereocenters. The van der Waals surface area contributed by atoms with E-state index in [-0.39, 0.29) is 11.9 Å². The molecule has 0 radical (unpaired) electrons. The molecule has 0 aliphatic carbocycles. The van der Waals surface area contributed by atoms with E-state index in [1.165, 1.54) is 0 Å². The number of benzene rings is 1. The summed E-state index contributed by atoms with van der Waals surface area (Å²) in [5.41, 5.74) is 0.506. The topological polar surface area (TPSA) is 50.8 Å². The first kappa shape index (κ1) is 14.7. The van der Waals surface area contributed by atoms with Crippen LogP contribution in [0.2, 0.25) is 0 Å². The predicted octanol–water partition coefficient (Wildman–Crippen LogP) is 1.53. The zero-order chi connectivity index (χ0) is 14.5. The quantitative estimate of drug-likeness (QED) is 0.887. The van der Waals surface area contributed by atoms with Crippen molar-refractivity contribution in [3.05, 3.63) is 23.8 Å². The van der Waals surface area contributed by atoms with E-state index in [4.69, 9.17) is 9.47 Å². The fourth-order valence-corrected chi connectivity index (χ4v) is 2.68. The lowest BCUT2D eigenvalue weighted by Crippen LogP contribution is -2.41. The molecule has 20 heavy (non-hydrogen) atoms. The molecular formula is C15H22N2O3. The van der Waals surface area contributed by atoms with Crippen molar-refractivity contribution in [3.63, 3.8) is 0 Å². The number of carbonyl (C=O) groups excluding carboxylic acids is 1. The van der Waals surface area contributed by atoms with Gasteiger partial charge in [0, 0.05) is 19.1 Å². The van der Waals surface area contributed by atoms with Crippen molar-refractivity contribution in [3.8, 4) is 11.5 Å². The van der Waals surface area contributed by atoms with Gasteiger partial charge < -0.3 is 19.7 Å². The Morgan fingerprint density at radius 1 is 1.35 bits per heavy atom. The highest BCUT2D eigenvalue weighted by atomic mass is 16.5. The summed E-state index contributed by atoms with van der Waals surface area (Å²) < 4.78 is 10.6. The Morgan fingerprint density at radius 3 is 2.45 bits per heavy atom. The molecule has 0 saturated carbocycles. The zero-order valence-corrected chi connectivity index (χ0v) is 12.3. The summed E-state index contributed by atoms with van der Waals surface area (Å²) in [6, 6.07) is 5.64. The largest absolute Gasteiger partial charge is 0.496 e. The van der Waals surface area contributed by atoms with Crippen LogP contribution in [0, 0.1) is 0 Å². The number of amides is 1. The summed E-state index contributed by atoms with van der Waals surface area (Å²) in [6.07, 6.45) is 0.983. The number of nitrogens with zero attached hydrogens (tertiary/aromatic N) is 1. The fourth-order valence-electron chi connectivity index (χ4n) is 2.68. The van der Waals surface area contributed by atoms with Crippen LogP contribution in [0.4, 0.5) is 0 Å². The van der Waals surface area contributed by atoms with Gasteiger partial charge in [-0.05, 0) is 32.0 Å². The van der Waals surface area contributed by atoms with Crippen LogP contribution in [-0.4, -0.2) is 50.7 Å². The predicted molar refractivity (Wildman–Crippen MR) is 77.5 cm³/mol. The minimum atomic E-state index is -0.0319. The minimum Gasteiger partial charge on any atom is -0.496 e. The molecule has 1 unspecified atom stereocenters. The van der Waals surface area contributed by atoms with Crippen molar-refractivity contribution in [1.29, 1.82) is 0 Å². The molecule has 1 fully saturated rings. The summed E-state index contributed by atoms with van der Waals surface area (Å²) in [5.74, 6) is 1.08. The number of hydrogen-bond donors (Lipinski definition) is 1. The second-order valence-electron chi connectivity index (χ2n) is 4.78. The van der Waals surface area contributed by atoms with Crippen molar-refractivity contribution < 1.29 is 14.3 Å². The van der Waals surface area contributed by atoms with Gasteiger partial charge in [-0.1, -0.05) is 6.07 Å². The smallest absolute Gasteiger partial charge is 0.261 e. The highest BCUT2D eigenvalue weighted by molar-refractivity contribution is 6.00. The number of rotatable bonds is 5. The second-order valence-corrected chi connectivity index (χ2v) is 4.78. The van der Waals surface area contributed by atoms with Crippen LogP contribution in [0.1, 0.15) is 23.7 Å². The van der Waals surface area contributed by atoms with Gasteiger partial charge in [0.15, 0.2) is 0 Å². The maximum Gasteiger partial charge on any atom is 0.261 e. The molecule has 0 spiro atoms. The lowest BCUT2D eigenvalue weighted by Gasteiger charge is -2.28. The normalized spacial score (nSPS) is 17.9. The Hall–Kier alpha value is -1.75. The molecule has 1 aliphatic heterocycles.